The Labute approximate surface area is 181 Å². The van der Waals surface area contributed by atoms with Gasteiger partial charge in [-0.3, -0.25) is 4.99 Å². The lowest BCUT2D eigenvalue weighted by Gasteiger charge is -2.39. The lowest BCUT2D eigenvalue weighted by Crippen LogP contribution is -2.49. The van der Waals surface area contributed by atoms with Crippen molar-refractivity contribution >= 4 is 29.9 Å². The van der Waals surface area contributed by atoms with E-state index in [1.165, 1.54) is 45.3 Å². The van der Waals surface area contributed by atoms with Gasteiger partial charge in [-0.05, 0) is 50.6 Å². The number of piperidine rings is 2. The normalized spacial score (nSPS) is 27.3. The molecule has 3 heterocycles. The van der Waals surface area contributed by atoms with Gasteiger partial charge >= 0.3 is 0 Å². The molecule has 0 bridgehead atoms. The Hall–Kier alpha value is -0.830. The molecule has 1 N–H and O–H groups in total. The van der Waals surface area contributed by atoms with Gasteiger partial charge in [0.2, 0.25) is 0 Å². The number of halogens is 1. The molecule has 2 aliphatic heterocycles. The molecule has 2 saturated heterocycles. The van der Waals surface area contributed by atoms with Gasteiger partial charge in [-0.25, -0.2) is 4.98 Å². The highest BCUT2D eigenvalue weighted by Gasteiger charge is 2.28. The summed E-state index contributed by atoms with van der Waals surface area (Å²) in [6.07, 6.45) is 11.0. The van der Waals surface area contributed by atoms with Crippen molar-refractivity contribution in [2.24, 2.45) is 16.8 Å². The lowest BCUT2D eigenvalue weighted by atomic mass is 9.93. The number of rotatable bonds is 5. The molecular formula is C20H37IN6. The topological polar surface area (TPSA) is 48.7 Å². The Morgan fingerprint density at radius 1 is 1.22 bits per heavy atom. The number of imidazole rings is 1. The van der Waals surface area contributed by atoms with Crippen LogP contribution in [0.3, 0.4) is 0 Å². The number of hydrogen-bond donors (Lipinski definition) is 1. The van der Waals surface area contributed by atoms with E-state index in [9.17, 15) is 0 Å². The molecule has 2 aliphatic rings. The predicted octanol–water partition coefficient (Wildman–Crippen LogP) is 3.08. The molecule has 6 nitrogen and oxygen atoms in total. The number of nitrogens with zero attached hydrogens (tertiary/aromatic N) is 5. The summed E-state index contributed by atoms with van der Waals surface area (Å²) in [7, 11) is 1.90. The standard InChI is InChI=1S/C20H36N6.HI/c1-17-6-4-10-24(14-17)11-5-8-23-20(21-3)25-12-7-18(2)19(15-25)26-13-9-22-16-26;/h9,13,16-19H,4-8,10-12,14-15H2,1-3H3,(H,21,23);1H. The summed E-state index contributed by atoms with van der Waals surface area (Å²) < 4.78 is 2.25. The van der Waals surface area contributed by atoms with E-state index in [1.807, 2.05) is 19.6 Å². The van der Waals surface area contributed by atoms with Gasteiger partial charge in [-0.2, -0.15) is 0 Å². The molecule has 0 saturated carbocycles. The number of hydrogen-bond acceptors (Lipinski definition) is 3. The Morgan fingerprint density at radius 2 is 2.07 bits per heavy atom. The minimum absolute atomic E-state index is 0. The highest BCUT2D eigenvalue weighted by Crippen LogP contribution is 2.27. The number of aromatic nitrogens is 2. The van der Waals surface area contributed by atoms with Crippen molar-refractivity contribution in [3.05, 3.63) is 18.7 Å². The Kier molecular flexibility index (Phi) is 9.35. The summed E-state index contributed by atoms with van der Waals surface area (Å²) >= 11 is 0. The van der Waals surface area contributed by atoms with Crippen molar-refractivity contribution in [1.82, 2.24) is 24.7 Å². The van der Waals surface area contributed by atoms with Crippen molar-refractivity contribution in [3.63, 3.8) is 0 Å². The minimum atomic E-state index is 0. The maximum Gasteiger partial charge on any atom is 0.193 e. The van der Waals surface area contributed by atoms with Crippen LogP contribution in [0.25, 0.3) is 0 Å². The maximum absolute atomic E-state index is 4.54. The van der Waals surface area contributed by atoms with Gasteiger partial charge in [0.15, 0.2) is 5.96 Å². The van der Waals surface area contributed by atoms with Crippen LogP contribution in [-0.2, 0) is 0 Å². The largest absolute Gasteiger partial charge is 0.356 e. The third-order valence-electron chi connectivity index (χ3n) is 6.01. The second kappa shape index (κ2) is 11.2. The fourth-order valence-corrected chi connectivity index (χ4v) is 4.42. The fourth-order valence-electron chi connectivity index (χ4n) is 4.42. The summed E-state index contributed by atoms with van der Waals surface area (Å²) in [5.74, 6) is 2.58. The highest BCUT2D eigenvalue weighted by molar-refractivity contribution is 14.0. The molecule has 1 aromatic heterocycles. The van der Waals surface area contributed by atoms with E-state index >= 15 is 0 Å². The molecule has 1 aromatic rings. The molecule has 2 fully saturated rings. The molecule has 27 heavy (non-hydrogen) atoms. The molecule has 3 atom stereocenters. The van der Waals surface area contributed by atoms with Crippen LogP contribution in [0.1, 0.15) is 45.6 Å². The van der Waals surface area contributed by atoms with E-state index in [0.29, 0.717) is 12.0 Å². The second-order valence-corrected chi connectivity index (χ2v) is 8.16. The molecule has 0 spiro atoms. The molecule has 3 unspecified atom stereocenters. The molecule has 0 amide bonds. The molecule has 3 rings (SSSR count). The van der Waals surface area contributed by atoms with Crippen molar-refractivity contribution < 1.29 is 0 Å². The zero-order chi connectivity index (χ0) is 18.4. The molecular weight excluding hydrogens is 451 g/mol. The van der Waals surface area contributed by atoms with Crippen molar-refractivity contribution in [3.8, 4) is 0 Å². The molecule has 154 valence electrons. The molecule has 0 aliphatic carbocycles. The second-order valence-electron chi connectivity index (χ2n) is 8.16. The highest BCUT2D eigenvalue weighted by atomic mass is 127. The molecule has 0 aromatic carbocycles. The van der Waals surface area contributed by atoms with E-state index in [2.05, 4.69) is 49.7 Å². The third kappa shape index (κ3) is 6.34. The van der Waals surface area contributed by atoms with Crippen LogP contribution in [-0.4, -0.2) is 71.6 Å². The van der Waals surface area contributed by atoms with Gasteiger partial charge in [-0.1, -0.05) is 13.8 Å². The Morgan fingerprint density at radius 3 is 2.78 bits per heavy atom. The van der Waals surface area contributed by atoms with Crippen molar-refractivity contribution in [2.45, 2.75) is 45.6 Å². The lowest BCUT2D eigenvalue weighted by molar-refractivity contribution is 0.180. The van der Waals surface area contributed by atoms with Gasteiger partial charge in [0.25, 0.3) is 0 Å². The van der Waals surface area contributed by atoms with Crippen LogP contribution in [0, 0.1) is 11.8 Å². The zero-order valence-corrected chi connectivity index (χ0v) is 19.5. The van der Waals surface area contributed by atoms with Crippen LogP contribution in [0.4, 0.5) is 0 Å². The number of likely N-dealkylation sites (tertiary alicyclic amines) is 2. The monoisotopic (exact) mass is 488 g/mol. The predicted molar refractivity (Wildman–Crippen MR) is 123 cm³/mol. The maximum atomic E-state index is 4.54. The van der Waals surface area contributed by atoms with Gasteiger partial charge < -0.3 is 19.7 Å². The fraction of sp³-hybridized carbons (Fsp3) is 0.800. The Balaban J connectivity index is 0.00000261. The van der Waals surface area contributed by atoms with Gasteiger partial charge in [0.1, 0.15) is 0 Å². The van der Waals surface area contributed by atoms with Gasteiger partial charge in [0, 0.05) is 45.6 Å². The minimum Gasteiger partial charge on any atom is -0.356 e. The average molecular weight is 488 g/mol. The van der Waals surface area contributed by atoms with Crippen LogP contribution >= 0.6 is 24.0 Å². The van der Waals surface area contributed by atoms with Crippen LogP contribution < -0.4 is 5.32 Å². The van der Waals surface area contributed by atoms with E-state index < -0.39 is 0 Å². The van der Waals surface area contributed by atoms with Crippen LogP contribution in [0.5, 0.6) is 0 Å². The van der Waals surface area contributed by atoms with Crippen LogP contribution in [0.2, 0.25) is 0 Å². The summed E-state index contributed by atoms with van der Waals surface area (Å²) in [6, 6.07) is 0.472. The summed E-state index contributed by atoms with van der Waals surface area (Å²) in [5, 5.41) is 3.59. The smallest absolute Gasteiger partial charge is 0.193 e. The number of nitrogens with one attached hydrogen (secondary N) is 1. The third-order valence-corrected chi connectivity index (χ3v) is 6.01. The number of guanidine groups is 1. The van der Waals surface area contributed by atoms with E-state index in [0.717, 1.165) is 31.5 Å². The van der Waals surface area contributed by atoms with Gasteiger partial charge in [-0.15, -0.1) is 24.0 Å². The summed E-state index contributed by atoms with van der Waals surface area (Å²) in [4.78, 5) is 13.8. The number of aliphatic imine (C=N–C) groups is 1. The Bertz CT molecular complexity index is 561. The first kappa shape index (κ1) is 22.5. The summed E-state index contributed by atoms with van der Waals surface area (Å²) in [5.41, 5.74) is 0. The van der Waals surface area contributed by atoms with Gasteiger partial charge in [0.05, 0.1) is 12.4 Å². The SMILES string of the molecule is CN=C(NCCCN1CCCC(C)C1)N1CCC(C)C(n2ccnc2)C1.I. The van der Waals surface area contributed by atoms with Crippen molar-refractivity contribution in [1.29, 1.82) is 0 Å². The zero-order valence-electron chi connectivity index (χ0n) is 17.2. The summed E-state index contributed by atoms with van der Waals surface area (Å²) in [6.45, 7) is 11.5. The van der Waals surface area contributed by atoms with Crippen LogP contribution in [0.15, 0.2) is 23.7 Å². The first-order chi connectivity index (χ1) is 12.7. The van der Waals surface area contributed by atoms with E-state index in [-0.39, 0.29) is 24.0 Å². The molecule has 0 radical (unpaired) electrons. The first-order valence-electron chi connectivity index (χ1n) is 10.3. The van der Waals surface area contributed by atoms with Crippen molar-refractivity contribution in [2.75, 3.05) is 46.3 Å². The quantitative estimate of drug-likeness (QED) is 0.300. The molecule has 7 heteroatoms. The van der Waals surface area contributed by atoms with E-state index in [4.69, 9.17) is 0 Å². The average Bonchev–Trinajstić information content (AvgIpc) is 3.17. The van der Waals surface area contributed by atoms with E-state index in [1.54, 1.807) is 0 Å². The first-order valence-corrected chi connectivity index (χ1v) is 10.3.